The van der Waals surface area contributed by atoms with Crippen molar-refractivity contribution < 1.29 is 9.53 Å². The first-order valence-corrected chi connectivity index (χ1v) is 14.0. The number of ether oxygens (including phenoxy) is 1. The molecule has 0 aromatic rings. The summed E-state index contributed by atoms with van der Waals surface area (Å²) in [5, 5.41) is -0.400. The first-order chi connectivity index (χ1) is 14.5. The van der Waals surface area contributed by atoms with Crippen LogP contribution in [0.1, 0.15) is 155 Å². The molecule has 0 aliphatic rings. The highest BCUT2D eigenvalue weighted by atomic mass is 31.0. The summed E-state index contributed by atoms with van der Waals surface area (Å²) in [6, 6.07) is 0. The fourth-order valence-corrected chi connectivity index (χ4v) is 4.58. The first-order valence-electron chi connectivity index (χ1n) is 13.4. The van der Waals surface area contributed by atoms with Crippen molar-refractivity contribution in [1.82, 2.24) is 0 Å². The van der Waals surface area contributed by atoms with E-state index < -0.39 is 5.16 Å². The van der Waals surface area contributed by atoms with E-state index in [2.05, 4.69) is 16.2 Å². The third kappa shape index (κ3) is 19.8. The Morgan fingerprint density at radius 1 is 0.600 bits per heavy atom. The summed E-state index contributed by atoms with van der Waals surface area (Å²) in [7, 11) is 4.13. The van der Waals surface area contributed by atoms with E-state index >= 15 is 0 Å². The van der Waals surface area contributed by atoms with Crippen molar-refractivity contribution in [2.75, 3.05) is 7.11 Å². The molecule has 0 aliphatic heterocycles. The molecule has 2 atom stereocenters. The Bertz CT molecular complexity index is 368. The van der Waals surface area contributed by atoms with Crippen LogP contribution in [0.15, 0.2) is 0 Å². The Morgan fingerprint density at radius 3 is 1.13 bits per heavy atom. The lowest BCUT2D eigenvalue weighted by Gasteiger charge is -2.20. The van der Waals surface area contributed by atoms with Gasteiger partial charge >= 0.3 is 5.97 Å². The molecule has 0 N–H and O–H groups in total. The van der Waals surface area contributed by atoms with Gasteiger partial charge in [-0.1, -0.05) is 142 Å². The van der Waals surface area contributed by atoms with Gasteiger partial charge in [0.2, 0.25) is 0 Å². The number of methoxy groups -OCH3 is 1. The molecule has 2 nitrogen and oxygen atoms in total. The van der Waals surface area contributed by atoms with E-state index in [1.165, 1.54) is 136 Å². The maximum Gasteiger partial charge on any atom is 0.315 e. The quantitative estimate of drug-likeness (QED) is 0.0894. The van der Waals surface area contributed by atoms with Crippen LogP contribution in [0.25, 0.3) is 0 Å². The topological polar surface area (TPSA) is 26.3 Å². The van der Waals surface area contributed by atoms with Gasteiger partial charge in [-0.2, -0.15) is 0 Å². The highest BCUT2D eigenvalue weighted by Gasteiger charge is 2.27. The number of carbonyl (C=O) groups excluding carboxylic acids is 1. The zero-order valence-electron chi connectivity index (χ0n) is 21.0. The summed E-state index contributed by atoms with van der Waals surface area (Å²) >= 11 is 0. The smallest absolute Gasteiger partial charge is 0.315 e. The summed E-state index contributed by atoms with van der Waals surface area (Å²) in [6.07, 6.45) is 30.4. The van der Waals surface area contributed by atoms with Crippen LogP contribution < -0.4 is 0 Å². The second-order valence-corrected chi connectivity index (χ2v) is 11.0. The highest BCUT2D eigenvalue weighted by Crippen LogP contribution is 2.26. The Labute approximate surface area is 192 Å². The molecule has 0 spiro atoms. The number of hydrogen-bond donors (Lipinski definition) is 0. The lowest BCUT2D eigenvalue weighted by atomic mass is 10.0. The molecule has 0 saturated carbocycles. The van der Waals surface area contributed by atoms with Gasteiger partial charge in [0.25, 0.3) is 0 Å². The molecule has 0 amide bonds. The molecule has 0 radical (unpaired) electrons. The van der Waals surface area contributed by atoms with E-state index in [1.807, 2.05) is 6.92 Å². The molecule has 0 aromatic heterocycles. The number of rotatable bonds is 23. The van der Waals surface area contributed by atoms with Crippen LogP contribution in [-0.4, -0.2) is 18.2 Å². The average molecular weight is 443 g/mol. The summed E-state index contributed by atoms with van der Waals surface area (Å²) in [5.41, 5.74) is 0. The van der Waals surface area contributed by atoms with Gasteiger partial charge in [-0.15, -0.1) is 9.24 Å². The Kier molecular flexibility index (Phi) is 22.0. The minimum Gasteiger partial charge on any atom is -0.468 e. The highest BCUT2D eigenvalue weighted by molar-refractivity contribution is 7.20. The van der Waals surface area contributed by atoms with E-state index in [1.54, 1.807) is 0 Å². The van der Waals surface area contributed by atoms with Crippen LogP contribution in [-0.2, 0) is 9.53 Å². The Balaban J connectivity index is 3.16. The molecule has 30 heavy (non-hydrogen) atoms. The molecule has 0 aromatic carbocycles. The van der Waals surface area contributed by atoms with Crippen molar-refractivity contribution in [3.63, 3.8) is 0 Å². The minimum absolute atomic E-state index is 0.110. The SMILES string of the molecule is CCCCCCCCCCCCCCCCCCCCCCCC(C)(P)C(=O)OC. The second kappa shape index (κ2) is 22.1. The molecule has 0 rings (SSSR count). The van der Waals surface area contributed by atoms with E-state index in [9.17, 15) is 4.79 Å². The van der Waals surface area contributed by atoms with Crippen molar-refractivity contribution >= 4 is 15.2 Å². The van der Waals surface area contributed by atoms with Gasteiger partial charge in [-0.25, -0.2) is 0 Å². The molecule has 180 valence electrons. The van der Waals surface area contributed by atoms with Crippen LogP contribution in [0.4, 0.5) is 0 Å². The van der Waals surface area contributed by atoms with Crippen LogP contribution in [0.5, 0.6) is 0 Å². The molecule has 3 heteroatoms. The van der Waals surface area contributed by atoms with Gasteiger partial charge in [-0.3, -0.25) is 4.79 Å². The molecule has 0 bridgehead atoms. The van der Waals surface area contributed by atoms with Gasteiger partial charge in [0.1, 0.15) is 0 Å². The number of unbranched alkanes of at least 4 members (excludes halogenated alkanes) is 20. The largest absolute Gasteiger partial charge is 0.468 e. The van der Waals surface area contributed by atoms with Crippen molar-refractivity contribution in [2.45, 2.75) is 160 Å². The monoisotopic (exact) mass is 442 g/mol. The van der Waals surface area contributed by atoms with Gasteiger partial charge in [0.05, 0.1) is 12.3 Å². The average Bonchev–Trinajstić information content (AvgIpc) is 2.74. The van der Waals surface area contributed by atoms with E-state index in [4.69, 9.17) is 4.74 Å². The summed E-state index contributed by atoms with van der Waals surface area (Å²) in [4.78, 5) is 11.6. The number of esters is 1. The Morgan fingerprint density at radius 2 is 0.867 bits per heavy atom. The molecule has 0 fully saturated rings. The fraction of sp³-hybridized carbons (Fsp3) is 0.963. The van der Waals surface area contributed by atoms with Gasteiger partial charge in [0.15, 0.2) is 0 Å². The summed E-state index contributed by atoms with van der Waals surface area (Å²) in [6.45, 7) is 4.25. The van der Waals surface area contributed by atoms with Gasteiger partial charge in [-0.05, 0) is 13.3 Å². The maximum atomic E-state index is 11.6. The van der Waals surface area contributed by atoms with Crippen LogP contribution in [0, 0.1) is 0 Å². The number of carbonyl (C=O) groups is 1. The van der Waals surface area contributed by atoms with Crippen LogP contribution in [0.2, 0.25) is 0 Å². The lowest BCUT2D eigenvalue weighted by molar-refractivity contribution is -0.143. The molecule has 0 saturated heterocycles. The fourth-order valence-electron chi connectivity index (χ4n) is 4.26. The molecular formula is C27H55O2P. The molecular weight excluding hydrogens is 387 g/mol. The first kappa shape index (κ1) is 29.9. The van der Waals surface area contributed by atoms with Crippen molar-refractivity contribution in [2.24, 2.45) is 0 Å². The van der Waals surface area contributed by atoms with Crippen molar-refractivity contribution in [3.05, 3.63) is 0 Å². The van der Waals surface area contributed by atoms with E-state index in [0.29, 0.717) is 0 Å². The summed E-state index contributed by atoms with van der Waals surface area (Å²) < 4.78 is 4.85. The third-order valence-electron chi connectivity index (χ3n) is 6.45. The van der Waals surface area contributed by atoms with Gasteiger partial charge in [0, 0.05) is 0 Å². The zero-order valence-corrected chi connectivity index (χ0v) is 22.1. The Hall–Kier alpha value is -0.100. The zero-order chi connectivity index (χ0) is 22.3. The second-order valence-electron chi connectivity index (χ2n) is 9.73. The lowest BCUT2D eigenvalue weighted by Crippen LogP contribution is -2.29. The van der Waals surface area contributed by atoms with E-state index in [0.717, 1.165) is 12.8 Å². The van der Waals surface area contributed by atoms with Crippen molar-refractivity contribution in [1.29, 1.82) is 0 Å². The minimum atomic E-state index is -0.400. The van der Waals surface area contributed by atoms with Crippen LogP contribution in [0.3, 0.4) is 0 Å². The third-order valence-corrected chi connectivity index (χ3v) is 6.98. The maximum absolute atomic E-state index is 11.6. The number of hydrogen-bond acceptors (Lipinski definition) is 2. The van der Waals surface area contributed by atoms with Crippen molar-refractivity contribution in [3.8, 4) is 0 Å². The molecule has 2 unspecified atom stereocenters. The van der Waals surface area contributed by atoms with Crippen LogP contribution >= 0.6 is 9.24 Å². The van der Waals surface area contributed by atoms with E-state index in [-0.39, 0.29) is 5.97 Å². The predicted octanol–water partition coefficient (Wildman–Crippen LogP) is 9.40. The summed E-state index contributed by atoms with van der Waals surface area (Å²) in [5.74, 6) is -0.110. The standard InChI is InChI=1S/C27H55O2P/c1-4-5-6-7-8-9-10-11-12-13-14-15-16-17-18-19-20-21-22-23-24-25-27(2,30)26(28)29-3/h4-25,30H2,1-3H3. The normalized spacial score (nSPS) is 13.3. The van der Waals surface area contributed by atoms with Gasteiger partial charge < -0.3 is 4.74 Å². The molecule has 0 heterocycles. The molecule has 0 aliphatic carbocycles. The predicted molar refractivity (Wildman–Crippen MR) is 137 cm³/mol.